The van der Waals surface area contributed by atoms with Crippen LogP contribution in [-0.4, -0.2) is 37.8 Å². The maximum absolute atomic E-state index is 12.6. The van der Waals surface area contributed by atoms with Crippen LogP contribution < -0.4 is 5.32 Å². The molecule has 1 aliphatic rings. The van der Waals surface area contributed by atoms with Gasteiger partial charge in [-0.2, -0.15) is 4.31 Å². The van der Waals surface area contributed by atoms with Crippen molar-refractivity contribution >= 4 is 43.2 Å². The van der Waals surface area contributed by atoms with Gasteiger partial charge in [0.05, 0.1) is 3.79 Å². The summed E-state index contributed by atoms with van der Waals surface area (Å²) in [6, 6.07) is 2.63. The van der Waals surface area contributed by atoms with Crippen molar-refractivity contribution in [2.75, 3.05) is 13.1 Å². The fraction of sp³-hybridized carbons (Fsp3) is 0.417. The van der Waals surface area contributed by atoms with Gasteiger partial charge in [0.2, 0.25) is 5.91 Å². The Morgan fingerprint density at radius 3 is 2.95 bits per heavy atom. The molecule has 110 valence electrons. The van der Waals surface area contributed by atoms with Crippen molar-refractivity contribution < 1.29 is 13.2 Å². The summed E-state index contributed by atoms with van der Waals surface area (Å²) in [6.07, 6.45) is 2.81. The molecule has 1 amide bonds. The Bertz CT molecular complexity index is 612. The van der Waals surface area contributed by atoms with E-state index in [4.69, 9.17) is 0 Å². The molecule has 5 nitrogen and oxygen atoms in total. The summed E-state index contributed by atoms with van der Waals surface area (Å²) in [5.74, 6) is -0.262. The van der Waals surface area contributed by atoms with Gasteiger partial charge in [-0.1, -0.05) is 6.08 Å². The lowest BCUT2D eigenvalue weighted by molar-refractivity contribution is -0.123. The van der Waals surface area contributed by atoms with E-state index in [1.807, 2.05) is 0 Å². The second kappa shape index (κ2) is 6.38. The van der Waals surface area contributed by atoms with Crippen molar-refractivity contribution in [2.45, 2.75) is 23.1 Å². The summed E-state index contributed by atoms with van der Waals surface area (Å²) in [7, 11) is -3.60. The van der Waals surface area contributed by atoms with Crippen molar-refractivity contribution in [3.8, 4) is 0 Å². The highest BCUT2D eigenvalue weighted by Gasteiger charge is 2.39. The van der Waals surface area contributed by atoms with Crippen LogP contribution in [0.1, 0.15) is 12.8 Å². The van der Waals surface area contributed by atoms with E-state index in [-0.39, 0.29) is 10.1 Å². The quantitative estimate of drug-likeness (QED) is 0.796. The Labute approximate surface area is 130 Å². The summed E-state index contributed by atoms with van der Waals surface area (Å²) in [4.78, 5) is 12.0. The fourth-order valence-electron chi connectivity index (χ4n) is 2.13. The highest BCUT2D eigenvalue weighted by atomic mass is 79.9. The third-order valence-corrected chi connectivity index (χ3v) is 7.04. The largest absolute Gasteiger partial charge is 0.351 e. The van der Waals surface area contributed by atoms with E-state index in [1.165, 1.54) is 4.31 Å². The molecule has 0 unspecified atom stereocenters. The molecule has 2 heterocycles. The average molecular weight is 379 g/mol. The van der Waals surface area contributed by atoms with Gasteiger partial charge in [-0.3, -0.25) is 4.79 Å². The van der Waals surface area contributed by atoms with Gasteiger partial charge in [-0.05, 0) is 40.9 Å². The molecule has 2 rings (SSSR count). The van der Waals surface area contributed by atoms with Crippen LogP contribution in [0.5, 0.6) is 0 Å². The maximum Gasteiger partial charge on any atom is 0.253 e. The predicted molar refractivity (Wildman–Crippen MR) is 82.1 cm³/mol. The van der Waals surface area contributed by atoms with Crippen LogP contribution in [-0.2, 0) is 14.8 Å². The minimum atomic E-state index is -3.60. The molecule has 1 saturated heterocycles. The average Bonchev–Trinajstić information content (AvgIpc) is 3.04. The van der Waals surface area contributed by atoms with Crippen LogP contribution in [0.3, 0.4) is 0 Å². The van der Waals surface area contributed by atoms with Crippen molar-refractivity contribution in [2.24, 2.45) is 0 Å². The molecule has 1 N–H and O–H groups in total. The lowest BCUT2D eigenvalue weighted by atomic mass is 10.2. The Kier molecular flexibility index (Phi) is 5.00. The van der Waals surface area contributed by atoms with Gasteiger partial charge < -0.3 is 5.32 Å². The molecular weight excluding hydrogens is 364 g/mol. The molecule has 1 fully saturated rings. The first-order valence-electron chi connectivity index (χ1n) is 6.12. The van der Waals surface area contributed by atoms with E-state index >= 15 is 0 Å². The Hall–Kier alpha value is -0.700. The van der Waals surface area contributed by atoms with Crippen molar-refractivity contribution in [3.05, 3.63) is 28.6 Å². The third-order valence-electron chi connectivity index (χ3n) is 3.04. The van der Waals surface area contributed by atoms with Crippen LogP contribution in [0.15, 0.2) is 32.8 Å². The molecule has 1 atom stereocenters. The van der Waals surface area contributed by atoms with Gasteiger partial charge in [0.1, 0.15) is 10.3 Å². The molecule has 0 radical (unpaired) electrons. The van der Waals surface area contributed by atoms with Crippen LogP contribution in [0.25, 0.3) is 0 Å². The first kappa shape index (κ1) is 15.7. The number of nitrogens with one attached hydrogen (secondary N) is 1. The second-order valence-electron chi connectivity index (χ2n) is 4.37. The van der Waals surface area contributed by atoms with E-state index in [1.54, 1.807) is 18.2 Å². The predicted octanol–water partition coefficient (Wildman–Crippen LogP) is 1.97. The molecular formula is C12H15BrN2O3S2. The molecule has 1 aliphatic heterocycles. The van der Waals surface area contributed by atoms with E-state index < -0.39 is 16.1 Å². The highest BCUT2D eigenvalue weighted by Crippen LogP contribution is 2.32. The molecule has 1 aromatic rings. The lowest BCUT2D eigenvalue weighted by Crippen LogP contribution is -2.45. The van der Waals surface area contributed by atoms with Gasteiger partial charge in [-0.15, -0.1) is 17.9 Å². The standard InChI is InChI=1S/C12H15BrN2O3S2/c1-2-7-14-12(16)9-4-3-8-15(9)20(17,18)11-6-5-10(13)19-11/h2,5-6,9H,1,3-4,7-8H2,(H,14,16)/t9-/m0/s1. The first-order valence-corrected chi connectivity index (χ1v) is 9.17. The fourth-order valence-corrected chi connectivity index (χ4v) is 5.93. The zero-order valence-electron chi connectivity index (χ0n) is 10.7. The number of hydrogen-bond donors (Lipinski definition) is 1. The molecule has 1 aromatic heterocycles. The zero-order valence-corrected chi connectivity index (χ0v) is 13.9. The minimum Gasteiger partial charge on any atom is -0.351 e. The summed E-state index contributed by atoms with van der Waals surface area (Å²) < 4.78 is 27.4. The minimum absolute atomic E-state index is 0.257. The van der Waals surface area contributed by atoms with Crippen LogP contribution in [0.2, 0.25) is 0 Å². The molecule has 0 aliphatic carbocycles. The van der Waals surface area contributed by atoms with E-state index in [0.29, 0.717) is 25.9 Å². The van der Waals surface area contributed by atoms with E-state index in [9.17, 15) is 13.2 Å². The number of nitrogens with zero attached hydrogens (tertiary/aromatic N) is 1. The Morgan fingerprint density at radius 1 is 1.60 bits per heavy atom. The number of sulfonamides is 1. The number of rotatable bonds is 5. The zero-order chi connectivity index (χ0) is 14.8. The van der Waals surface area contributed by atoms with E-state index in [0.717, 1.165) is 15.1 Å². The molecule has 20 heavy (non-hydrogen) atoms. The summed E-state index contributed by atoms with van der Waals surface area (Å²) >= 11 is 4.41. The molecule has 8 heteroatoms. The number of amides is 1. The second-order valence-corrected chi connectivity index (χ2v) is 8.95. The SMILES string of the molecule is C=CCNC(=O)[C@@H]1CCCN1S(=O)(=O)c1ccc(Br)s1. The van der Waals surface area contributed by atoms with Gasteiger partial charge in [-0.25, -0.2) is 8.42 Å². The highest BCUT2D eigenvalue weighted by molar-refractivity contribution is 9.11. The van der Waals surface area contributed by atoms with E-state index in [2.05, 4.69) is 27.8 Å². The summed E-state index contributed by atoms with van der Waals surface area (Å²) in [5.41, 5.74) is 0. The third kappa shape index (κ3) is 3.13. The number of carbonyl (C=O) groups is 1. The molecule has 0 saturated carbocycles. The van der Waals surface area contributed by atoms with Gasteiger partial charge in [0.25, 0.3) is 10.0 Å². The number of carbonyl (C=O) groups excluding carboxylic acids is 1. The monoisotopic (exact) mass is 378 g/mol. The normalized spacial score (nSPS) is 19.9. The molecule has 0 spiro atoms. The smallest absolute Gasteiger partial charge is 0.253 e. The van der Waals surface area contributed by atoms with Crippen LogP contribution in [0, 0.1) is 0 Å². The topological polar surface area (TPSA) is 66.5 Å². The van der Waals surface area contributed by atoms with Gasteiger partial charge in [0.15, 0.2) is 0 Å². The number of halogens is 1. The Morgan fingerprint density at radius 2 is 2.35 bits per heavy atom. The summed E-state index contributed by atoms with van der Waals surface area (Å²) in [5, 5.41) is 2.66. The maximum atomic E-state index is 12.6. The van der Waals surface area contributed by atoms with Gasteiger partial charge >= 0.3 is 0 Å². The lowest BCUT2D eigenvalue weighted by Gasteiger charge is -2.22. The molecule has 0 bridgehead atoms. The van der Waals surface area contributed by atoms with Crippen molar-refractivity contribution in [1.29, 1.82) is 0 Å². The van der Waals surface area contributed by atoms with Crippen molar-refractivity contribution in [1.82, 2.24) is 9.62 Å². The number of hydrogen-bond acceptors (Lipinski definition) is 4. The van der Waals surface area contributed by atoms with Crippen molar-refractivity contribution in [3.63, 3.8) is 0 Å². The number of thiophene rings is 1. The van der Waals surface area contributed by atoms with Gasteiger partial charge in [0, 0.05) is 13.1 Å². The van der Waals surface area contributed by atoms with Crippen LogP contribution >= 0.6 is 27.3 Å². The Balaban J connectivity index is 2.22. The first-order chi connectivity index (χ1) is 9.46. The summed E-state index contributed by atoms with van der Waals surface area (Å²) in [6.45, 7) is 4.25. The molecule has 0 aromatic carbocycles. The van der Waals surface area contributed by atoms with Crippen LogP contribution in [0.4, 0.5) is 0 Å².